The highest BCUT2D eigenvalue weighted by Crippen LogP contribution is 2.39. The second kappa shape index (κ2) is 6.91. The number of carbonyl (C=O) groups is 3. The zero-order valence-electron chi connectivity index (χ0n) is 12.3. The number of carboxylic acid groups (broad SMARTS) is 1. The van der Waals surface area contributed by atoms with Crippen LogP contribution >= 0.6 is 0 Å². The van der Waals surface area contributed by atoms with Crippen LogP contribution in [0.2, 0.25) is 0 Å². The van der Waals surface area contributed by atoms with Gasteiger partial charge in [0.2, 0.25) is 11.8 Å². The molecule has 2 aliphatic rings. The molecule has 0 aliphatic heterocycles. The van der Waals surface area contributed by atoms with Crippen LogP contribution in [0, 0.1) is 5.41 Å². The van der Waals surface area contributed by atoms with Crippen LogP contribution in [0.1, 0.15) is 57.8 Å². The summed E-state index contributed by atoms with van der Waals surface area (Å²) in [6.07, 6.45) is 6.26. The summed E-state index contributed by atoms with van der Waals surface area (Å²) in [4.78, 5) is 34.9. The third-order valence-corrected chi connectivity index (χ3v) is 4.38. The molecule has 0 aromatic carbocycles. The Balaban J connectivity index is 1.71. The van der Waals surface area contributed by atoms with Gasteiger partial charge in [-0.05, 0) is 25.7 Å². The summed E-state index contributed by atoms with van der Waals surface area (Å²) in [7, 11) is 0. The first kappa shape index (κ1) is 15.8. The Morgan fingerprint density at radius 2 is 1.71 bits per heavy atom. The minimum atomic E-state index is -0.904. The molecular formula is C15H24N2O4. The second-order valence-corrected chi connectivity index (χ2v) is 6.26. The van der Waals surface area contributed by atoms with E-state index in [0.717, 1.165) is 32.1 Å². The summed E-state index contributed by atoms with van der Waals surface area (Å²) in [5, 5.41) is 14.9. The molecule has 0 heterocycles. The van der Waals surface area contributed by atoms with Gasteiger partial charge in [0, 0.05) is 25.4 Å². The third kappa shape index (κ3) is 4.72. The van der Waals surface area contributed by atoms with Crippen molar-refractivity contribution in [2.45, 2.75) is 63.8 Å². The van der Waals surface area contributed by atoms with Gasteiger partial charge in [-0.15, -0.1) is 0 Å². The van der Waals surface area contributed by atoms with Gasteiger partial charge in [0.05, 0.1) is 5.41 Å². The normalized spacial score (nSPS) is 20.6. The van der Waals surface area contributed by atoms with E-state index >= 15 is 0 Å². The molecule has 3 N–H and O–H groups in total. The number of rotatable bonds is 7. The standard InChI is InChI=1S/C15H24N2O4/c18-12(17-11-4-5-11)6-9-16-13(19)10-15(14(20)21)7-2-1-3-8-15/h11H,1-10H2,(H,16,19)(H,17,18)(H,20,21). The van der Waals surface area contributed by atoms with E-state index in [9.17, 15) is 19.5 Å². The molecule has 0 spiro atoms. The van der Waals surface area contributed by atoms with E-state index in [1.165, 1.54) is 0 Å². The molecule has 6 heteroatoms. The van der Waals surface area contributed by atoms with Gasteiger partial charge < -0.3 is 15.7 Å². The third-order valence-electron chi connectivity index (χ3n) is 4.38. The SMILES string of the molecule is O=C(CC1(C(=O)O)CCCCC1)NCCC(=O)NC1CC1. The van der Waals surface area contributed by atoms with E-state index in [-0.39, 0.29) is 31.2 Å². The molecule has 0 unspecified atom stereocenters. The molecule has 6 nitrogen and oxygen atoms in total. The highest BCUT2D eigenvalue weighted by Gasteiger charge is 2.41. The van der Waals surface area contributed by atoms with E-state index in [1.54, 1.807) is 0 Å². The predicted molar refractivity (Wildman–Crippen MR) is 76.6 cm³/mol. The Bertz CT molecular complexity index is 412. The molecular weight excluding hydrogens is 272 g/mol. The van der Waals surface area contributed by atoms with Crippen LogP contribution < -0.4 is 10.6 Å². The van der Waals surface area contributed by atoms with E-state index in [4.69, 9.17) is 0 Å². The van der Waals surface area contributed by atoms with E-state index < -0.39 is 11.4 Å². The first-order valence-corrected chi connectivity index (χ1v) is 7.81. The maximum Gasteiger partial charge on any atom is 0.310 e. The minimum Gasteiger partial charge on any atom is -0.481 e. The number of aliphatic carboxylic acids is 1. The van der Waals surface area contributed by atoms with Crippen LogP contribution in [-0.4, -0.2) is 35.5 Å². The highest BCUT2D eigenvalue weighted by molar-refractivity contribution is 5.85. The molecule has 2 saturated carbocycles. The molecule has 0 atom stereocenters. The van der Waals surface area contributed by atoms with Gasteiger partial charge in [-0.25, -0.2) is 0 Å². The summed E-state index contributed by atoms with van der Waals surface area (Å²) < 4.78 is 0. The molecule has 2 aliphatic carbocycles. The monoisotopic (exact) mass is 296 g/mol. The van der Waals surface area contributed by atoms with Crippen LogP contribution in [0.5, 0.6) is 0 Å². The minimum absolute atomic E-state index is 0.0204. The van der Waals surface area contributed by atoms with Crippen molar-refractivity contribution < 1.29 is 19.5 Å². The molecule has 0 radical (unpaired) electrons. The number of carboxylic acids is 1. The van der Waals surface area contributed by atoms with Crippen molar-refractivity contribution in [3.05, 3.63) is 0 Å². The molecule has 0 bridgehead atoms. The van der Waals surface area contributed by atoms with Gasteiger partial charge in [-0.3, -0.25) is 14.4 Å². The average Bonchev–Trinajstić information content (AvgIpc) is 3.23. The Morgan fingerprint density at radius 3 is 2.29 bits per heavy atom. The van der Waals surface area contributed by atoms with Gasteiger partial charge in [0.1, 0.15) is 0 Å². The molecule has 118 valence electrons. The lowest BCUT2D eigenvalue weighted by molar-refractivity contribution is -0.154. The molecule has 2 rings (SSSR count). The number of hydrogen-bond acceptors (Lipinski definition) is 3. The number of hydrogen-bond donors (Lipinski definition) is 3. The van der Waals surface area contributed by atoms with Crippen molar-refractivity contribution in [3.8, 4) is 0 Å². The number of nitrogens with one attached hydrogen (secondary N) is 2. The summed E-state index contributed by atoms with van der Waals surface area (Å²) in [5.41, 5.74) is -0.904. The van der Waals surface area contributed by atoms with Gasteiger partial charge in [0.15, 0.2) is 0 Å². The van der Waals surface area contributed by atoms with E-state index in [0.29, 0.717) is 18.9 Å². The van der Waals surface area contributed by atoms with Crippen molar-refractivity contribution in [2.75, 3.05) is 6.54 Å². The largest absolute Gasteiger partial charge is 0.481 e. The van der Waals surface area contributed by atoms with E-state index in [1.807, 2.05) is 0 Å². The van der Waals surface area contributed by atoms with Crippen molar-refractivity contribution in [3.63, 3.8) is 0 Å². The van der Waals surface area contributed by atoms with Crippen molar-refractivity contribution in [1.29, 1.82) is 0 Å². The lowest BCUT2D eigenvalue weighted by Gasteiger charge is -2.32. The van der Waals surface area contributed by atoms with Gasteiger partial charge in [-0.1, -0.05) is 19.3 Å². The second-order valence-electron chi connectivity index (χ2n) is 6.26. The summed E-state index contributed by atoms with van der Waals surface area (Å²) in [5.74, 6) is -1.19. The van der Waals surface area contributed by atoms with Crippen molar-refractivity contribution in [2.24, 2.45) is 5.41 Å². The molecule has 0 saturated heterocycles. The van der Waals surface area contributed by atoms with Crippen LogP contribution in [0.3, 0.4) is 0 Å². The van der Waals surface area contributed by atoms with Gasteiger partial charge >= 0.3 is 5.97 Å². The fraction of sp³-hybridized carbons (Fsp3) is 0.800. The Hall–Kier alpha value is -1.59. The van der Waals surface area contributed by atoms with Crippen LogP contribution in [0.4, 0.5) is 0 Å². The lowest BCUT2D eigenvalue weighted by Crippen LogP contribution is -2.40. The number of carbonyl (C=O) groups excluding carboxylic acids is 2. The molecule has 21 heavy (non-hydrogen) atoms. The first-order chi connectivity index (χ1) is 10.0. The Kier molecular flexibility index (Phi) is 5.20. The lowest BCUT2D eigenvalue weighted by atomic mass is 9.71. The maximum atomic E-state index is 11.9. The maximum absolute atomic E-state index is 11.9. The quantitative estimate of drug-likeness (QED) is 0.657. The molecule has 2 fully saturated rings. The van der Waals surface area contributed by atoms with Gasteiger partial charge in [0.25, 0.3) is 0 Å². The fourth-order valence-corrected chi connectivity index (χ4v) is 2.91. The first-order valence-electron chi connectivity index (χ1n) is 7.81. The molecule has 2 amide bonds. The summed E-state index contributed by atoms with van der Waals surface area (Å²) in [6.45, 7) is 0.271. The molecule has 0 aromatic rings. The van der Waals surface area contributed by atoms with Crippen LogP contribution in [0.25, 0.3) is 0 Å². The van der Waals surface area contributed by atoms with Crippen molar-refractivity contribution >= 4 is 17.8 Å². The Morgan fingerprint density at radius 1 is 1.05 bits per heavy atom. The molecule has 0 aromatic heterocycles. The highest BCUT2D eigenvalue weighted by atomic mass is 16.4. The van der Waals surface area contributed by atoms with Crippen LogP contribution in [0.15, 0.2) is 0 Å². The van der Waals surface area contributed by atoms with Gasteiger partial charge in [-0.2, -0.15) is 0 Å². The number of amides is 2. The average molecular weight is 296 g/mol. The van der Waals surface area contributed by atoms with Crippen molar-refractivity contribution in [1.82, 2.24) is 10.6 Å². The summed E-state index contributed by atoms with van der Waals surface area (Å²) >= 11 is 0. The summed E-state index contributed by atoms with van der Waals surface area (Å²) in [6, 6.07) is 0.325. The zero-order valence-corrected chi connectivity index (χ0v) is 12.3. The fourth-order valence-electron chi connectivity index (χ4n) is 2.91. The smallest absolute Gasteiger partial charge is 0.310 e. The zero-order chi connectivity index (χ0) is 15.3. The van der Waals surface area contributed by atoms with E-state index in [2.05, 4.69) is 10.6 Å². The topological polar surface area (TPSA) is 95.5 Å². The van der Waals surface area contributed by atoms with Crippen LogP contribution in [-0.2, 0) is 14.4 Å². The predicted octanol–water partition coefficient (Wildman–Crippen LogP) is 1.20. The Labute approximate surface area is 124 Å².